The summed E-state index contributed by atoms with van der Waals surface area (Å²) in [6, 6.07) is 5.64. The van der Waals surface area contributed by atoms with Crippen LogP contribution in [0.25, 0.3) is 0 Å². The van der Waals surface area contributed by atoms with Gasteiger partial charge in [-0.1, -0.05) is 18.6 Å². The summed E-state index contributed by atoms with van der Waals surface area (Å²) >= 11 is 8.44. The van der Waals surface area contributed by atoms with E-state index in [0.717, 1.165) is 41.5 Å². The zero-order valence-electron chi connectivity index (χ0n) is 9.99. The van der Waals surface area contributed by atoms with E-state index >= 15 is 0 Å². The van der Waals surface area contributed by atoms with E-state index in [1.807, 2.05) is 23.1 Å². The summed E-state index contributed by atoms with van der Waals surface area (Å²) in [7, 11) is 0. The summed E-state index contributed by atoms with van der Waals surface area (Å²) in [5, 5.41) is 0. The van der Waals surface area contributed by atoms with E-state index in [9.17, 15) is 4.79 Å². The van der Waals surface area contributed by atoms with Crippen LogP contribution in [0, 0.1) is 0 Å². The van der Waals surface area contributed by atoms with E-state index in [2.05, 4.69) is 15.9 Å². The number of anilines is 1. The first-order valence-corrected chi connectivity index (χ1v) is 7.19. The van der Waals surface area contributed by atoms with Crippen LogP contribution in [0.1, 0.15) is 31.2 Å². The molecule has 0 atom stereocenters. The van der Waals surface area contributed by atoms with Gasteiger partial charge in [-0.25, -0.2) is 0 Å². The molecule has 2 rings (SSSR count). The third kappa shape index (κ3) is 2.90. The highest BCUT2D eigenvalue weighted by Gasteiger charge is 2.20. The monoisotopic (exact) mass is 326 g/mol. The summed E-state index contributed by atoms with van der Waals surface area (Å²) in [5.74, 6) is 0.191. The minimum Gasteiger partial charge on any atom is -0.389 e. The van der Waals surface area contributed by atoms with Crippen molar-refractivity contribution in [2.75, 3.05) is 11.4 Å². The van der Waals surface area contributed by atoms with Gasteiger partial charge in [-0.3, -0.25) is 4.79 Å². The molecular formula is C13H15BrN2OS. The molecule has 3 nitrogen and oxygen atoms in total. The van der Waals surface area contributed by atoms with Crippen molar-refractivity contribution >= 4 is 44.7 Å². The lowest BCUT2D eigenvalue weighted by Crippen LogP contribution is -2.30. The van der Waals surface area contributed by atoms with Gasteiger partial charge in [-0.05, 0) is 47.0 Å². The van der Waals surface area contributed by atoms with Gasteiger partial charge in [0.05, 0.1) is 5.69 Å². The molecule has 0 saturated carbocycles. The Labute approximate surface area is 120 Å². The molecule has 1 amide bonds. The molecule has 1 saturated heterocycles. The van der Waals surface area contributed by atoms with Crippen LogP contribution in [0.3, 0.4) is 0 Å². The van der Waals surface area contributed by atoms with Crippen LogP contribution < -0.4 is 10.6 Å². The highest BCUT2D eigenvalue weighted by Crippen LogP contribution is 2.29. The number of thiocarbonyl (C=S) groups is 1. The van der Waals surface area contributed by atoms with Crippen LogP contribution in [0.15, 0.2) is 22.7 Å². The Morgan fingerprint density at radius 2 is 2.11 bits per heavy atom. The standard InChI is InChI=1S/C13H15BrN2OS/c14-10-8-9(13(15)18)5-6-11(10)16-7-3-1-2-4-12(16)17/h5-6,8H,1-4,7H2,(H2,15,18). The SMILES string of the molecule is NC(=S)c1ccc(N2CCCCCC2=O)c(Br)c1. The summed E-state index contributed by atoms with van der Waals surface area (Å²) in [6.45, 7) is 0.782. The molecule has 5 heteroatoms. The molecule has 1 aromatic carbocycles. The van der Waals surface area contributed by atoms with Crippen LogP contribution in [-0.4, -0.2) is 17.4 Å². The van der Waals surface area contributed by atoms with Crippen molar-refractivity contribution in [3.63, 3.8) is 0 Å². The molecule has 1 aliphatic rings. The quantitative estimate of drug-likeness (QED) is 0.850. The molecule has 2 N–H and O–H groups in total. The molecule has 96 valence electrons. The largest absolute Gasteiger partial charge is 0.389 e. The van der Waals surface area contributed by atoms with E-state index in [0.29, 0.717) is 11.4 Å². The van der Waals surface area contributed by atoms with Gasteiger partial charge >= 0.3 is 0 Å². The van der Waals surface area contributed by atoms with Crippen molar-refractivity contribution in [2.45, 2.75) is 25.7 Å². The number of carbonyl (C=O) groups is 1. The molecule has 0 unspecified atom stereocenters. The van der Waals surface area contributed by atoms with Gasteiger partial charge in [0, 0.05) is 23.0 Å². The minimum atomic E-state index is 0.191. The van der Waals surface area contributed by atoms with Gasteiger partial charge in [0.1, 0.15) is 4.99 Å². The molecule has 1 aromatic rings. The fourth-order valence-electron chi connectivity index (χ4n) is 2.12. The van der Waals surface area contributed by atoms with Crippen molar-refractivity contribution < 1.29 is 4.79 Å². The third-order valence-corrected chi connectivity index (χ3v) is 3.97. The second-order valence-electron chi connectivity index (χ2n) is 4.39. The van der Waals surface area contributed by atoms with Gasteiger partial charge in [0.2, 0.25) is 5.91 Å². The number of hydrogen-bond donors (Lipinski definition) is 1. The van der Waals surface area contributed by atoms with Crippen LogP contribution in [0.2, 0.25) is 0 Å². The summed E-state index contributed by atoms with van der Waals surface area (Å²) in [4.78, 5) is 14.3. The first kappa shape index (κ1) is 13.5. The third-order valence-electron chi connectivity index (χ3n) is 3.10. The number of benzene rings is 1. The summed E-state index contributed by atoms with van der Waals surface area (Å²) in [5.41, 5.74) is 7.31. The lowest BCUT2D eigenvalue weighted by atomic mass is 10.2. The first-order valence-electron chi connectivity index (χ1n) is 5.99. The van der Waals surface area contributed by atoms with Gasteiger partial charge in [-0.2, -0.15) is 0 Å². The molecule has 0 radical (unpaired) electrons. The smallest absolute Gasteiger partial charge is 0.227 e. The van der Waals surface area contributed by atoms with Crippen molar-refractivity contribution in [2.24, 2.45) is 5.73 Å². The fraction of sp³-hybridized carbons (Fsp3) is 0.385. The Bertz CT molecular complexity index is 490. The molecule has 1 aliphatic heterocycles. The lowest BCUT2D eigenvalue weighted by Gasteiger charge is -2.22. The number of halogens is 1. The minimum absolute atomic E-state index is 0.191. The Hall–Kier alpha value is -0.940. The number of nitrogens with zero attached hydrogens (tertiary/aromatic N) is 1. The van der Waals surface area contributed by atoms with Crippen LogP contribution in [-0.2, 0) is 4.79 Å². The number of nitrogens with two attached hydrogens (primary N) is 1. The van der Waals surface area contributed by atoms with E-state index in [1.165, 1.54) is 0 Å². The predicted octanol–water partition coefficient (Wildman–Crippen LogP) is 2.99. The van der Waals surface area contributed by atoms with Crippen LogP contribution in [0.4, 0.5) is 5.69 Å². The summed E-state index contributed by atoms with van der Waals surface area (Å²) < 4.78 is 0.864. The highest BCUT2D eigenvalue weighted by molar-refractivity contribution is 9.10. The van der Waals surface area contributed by atoms with Gasteiger partial charge in [0.15, 0.2) is 0 Å². The fourth-order valence-corrected chi connectivity index (χ4v) is 2.84. The molecule has 0 spiro atoms. The van der Waals surface area contributed by atoms with Gasteiger partial charge in [0.25, 0.3) is 0 Å². The van der Waals surface area contributed by atoms with Gasteiger partial charge < -0.3 is 10.6 Å². The van der Waals surface area contributed by atoms with Crippen molar-refractivity contribution in [3.05, 3.63) is 28.2 Å². The molecule has 0 aromatic heterocycles. The highest BCUT2D eigenvalue weighted by atomic mass is 79.9. The van der Waals surface area contributed by atoms with Gasteiger partial charge in [-0.15, -0.1) is 0 Å². The van der Waals surface area contributed by atoms with Crippen LogP contribution >= 0.6 is 28.1 Å². The zero-order valence-corrected chi connectivity index (χ0v) is 12.4. The van der Waals surface area contributed by atoms with E-state index in [-0.39, 0.29) is 5.91 Å². The van der Waals surface area contributed by atoms with E-state index < -0.39 is 0 Å². The normalized spacial score (nSPS) is 16.5. The maximum absolute atomic E-state index is 12.0. The van der Waals surface area contributed by atoms with E-state index in [1.54, 1.807) is 0 Å². The Morgan fingerprint density at radius 1 is 1.33 bits per heavy atom. The Morgan fingerprint density at radius 3 is 2.78 bits per heavy atom. The molecular weight excluding hydrogens is 312 g/mol. The number of hydrogen-bond acceptors (Lipinski definition) is 2. The second kappa shape index (κ2) is 5.80. The Kier molecular flexibility index (Phi) is 4.35. The predicted molar refractivity (Wildman–Crippen MR) is 80.9 cm³/mol. The number of amides is 1. The average molecular weight is 327 g/mol. The maximum atomic E-state index is 12.0. The van der Waals surface area contributed by atoms with Crippen molar-refractivity contribution in [3.8, 4) is 0 Å². The zero-order chi connectivity index (χ0) is 13.1. The molecule has 0 bridgehead atoms. The second-order valence-corrected chi connectivity index (χ2v) is 5.68. The molecule has 18 heavy (non-hydrogen) atoms. The lowest BCUT2D eigenvalue weighted by molar-refractivity contribution is -0.118. The summed E-state index contributed by atoms with van der Waals surface area (Å²) in [6.07, 6.45) is 3.78. The number of rotatable bonds is 2. The maximum Gasteiger partial charge on any atom is 0.227 e. The average Bonchev–Trinajstić information content (AvgIpc) is 2.54. The molecule has 0 aliphatic carbocycles. The van der Waals surface area contributed by atoms with E-state index in [4.69, 9.17) is 18.0 Å². The van der Waals surface area contributed by atoms with Crippen molar-refractivity contribution in [1.82, 2.24) is 0 Å². The van der Waals surface area contributed by atoms with Crippen molar-refractivity contribution in [1.29, 1.82) is 0 Å². The first-order chi connectivity index (χ1) is 8.59. The van der Waals surface area contributed by atoms with Crippen LogP contribution in [0.5, 0.6) is 0 Å². The molecule has 1 heterocycles. The molecule has 1 fully saturated rings. The number of carbonyl (C=O) groups excluding carboxylic acids is 1. The Balaban J connectivity index is 2.32. The topological polar surface area (TPSA) is 46.3 Å².